The monoisotopic (exact) mass is 346 g/mol. The van der Waals surface area contributed by atoms with Gasteiger partial charge in [-0.25, -0.2) is 4.79 Å². The Morgan fingerprint density at radius 3 is 1.96 bits per heavy atom. The van der Waals surface area contributed by atoms with E-state index in [9.17, 15) is 9.90 Å². The van der Waals surface area contributed by atoms with E-state index >= 15 is 0 Å². The molecule has 1 aliphatic heterocycles. The molecule has 1 N–H and O–H groups in total. The average Bonchev–Trinajstić information content (AvgIpc) is 2.73. The van der Waals surface area contributed by atoms with Crippen molar-refractivity contribution in [2.45, 2.75) is 86.9 Å². The number of ether oxygens (including phenoxy) is 1. The number of hydrogen-bond acceptors (Lipinski definition) is 3. The van der Waals surface area contributed by atoms with Gasteiger partial charge < -0.3 is 9.84 Å². The van der Waals surface area contributed by atoms with E-state index in [4.69, 9.17) is 4.74 Å². The van der Waals surface area contributed by atoms with Gasteiger partial charge in [0.15, 0.2) is 0 Å². The van der Waals surface area contributed by atoms with Crippen LogP contribution >= 0.6 is 0 Å². The molecule has 0 bridgehead atoms. The van der Waals surface area contributed by atoms with Gasteiger partial charge in [-0.2, -0.15) is 0 Å². The highest BCUT2D eigenvalue weighted by Crippen LogP contribution is 2.61. The molecule has 2 aliphatic carbocycles. The highest BCUT2D eigenvalue weighted by atomic mass is 16.7. The lowest BCUT2D eigenvalue weighted by Crippen LogP contribution is -2.47. The normalized spacial score (nSPS) is 35.1. The van der Waals surface area contributed by atoms with E-state index in [1.165, 1.54) is 0 Å². The van der Waals surface area contributed by atoms with Crippen LogP contribution < -0.4 is 0 Å². The van der Waals surface area contributed by atoms with Crippen LogP contribution in [0.5, 0.6) is 0 Å². The molecule has 0 spiro atoms. The van der Waals surface area contributed by atoms with Gasteiger partial charge in [0, 0.05) is 16.7 Å². The van der Waals surface area contributed by atoms with Crippen LogP contribution in [0.15, 0.2) is 22.8 Å². The van der Waals surface area contributed by atoms with E-state index in [1.807, 2.05) is 0 Å². The molecule has 0 amide bonds. The second-order valence-corrected chi connectivity index (χ2v) is 11.0. The van der Waals surface area contributed by atoms with Crippen LogP contribution in [-0.4, -0.2) is 16.9 Å². The summed E-state index contributed by atoms with van der Waals surface area (Å²) in [5.41, 5.74) is 1.63. The summed E-state index contributed by atoms with van der Waals surface area (Å²) in [5, 5.41) is 11.8. The van der Waals surface area contributed by atoms with Crippen LogP contribution in [0.2, 0.25) is 0 Å². The zero-order valence-corrected chi connectivity index (χ0v) is 17.2. The Morgan fingerprint density at radius 2 is 1.36 bits per heavy atom. The van der Waals surface area contributed by atoms with Crippen molar-refractivity contribution in [3.05, 3.63) is 22.8 Å². The third-order valence-electron chi connectivity index (χ3n) is 6.79. The molecule has 1 heterocycles. The molecule has 25 heavy (non-hydrogen) atoms. The lowest BCUT2D eigenvalue weighted by molar-refractivity contribution is -0.176. The van der Waals surface area contributed by atoms with Crippen LogP contribution in [0.4, 0.5) is 0 Å². The topological polar surface area (TPSA) is 46.5 Å². The molecule has 1 unspecified atom stereocenters. The van der Waals surface area contributed by atoms with Crippen molar-refractivity contribution in [1.29, 1.82) is 0 Å². The minimum Gasteiger partial charge on any atom is -0.421 e. The number of cyclic esters (lactones) is 1. The number of rotatable bonds is 1. The fourth-order valence-electron chi connectivity index (χ4n) is 4.97. The predicted octanol–water partition coefficient (Wildman–Crippen LogP) is 5.15. The Hall–Kier alpha value is -1.09. The van der Waals surface area contributed by atoms with Crippen molar-refractivity contribution in [2.75, 3.05) is 0 Å². The second kappa shape index (κ2) is 5.00. The number of hydrogen-bond donors (Lipinski definition) is 1. The lowest BCUT2D eigenvalue weighted by atomic mass is 9.58. The zero-order valence-electron chi connectivity index (χ0n) is 17.2. The minimum absolute atomic E-state index is 0.00929. The van der Waals surface area contributed by atoms with Crippen molar-refractivity contribution in [3.63, 3.8) is 0 Å². The maximum Gasteiger partial charge on any atom is 0.337 e. The van der Waals surface area contributed by atoms with Crippen molar-refractivity contribution in [2.24, 2.45) is 21.7 Å². The summed E-state index contributed by atoms with van der Waals surface area (Å²) < 4.78 is 5.81. The Bertz CT molecular complexity index is 688. The largest absolute Gasteiger partial charge is 0.421 e. The second-order valence-electron chi connectivity index (χ2n) is 11.0. The van der Waals surface area contributed by atoms with Gasteiger partial charge in [0.1, 0.15) is 0 Å². The molecule has 0 fully saturated rings. The first kappa shape index (κ1) is 18.7. The number of carbonyl (C=O) groups is 1. The van der Waals surface area contributed by atoms with Crippen molar-refractivity contribution >= 4 is 5.97 Å². The summed E-state index contributed by atoms with van der Waals surface area (Å²) in [6, 6.07) is 0. The molecule has 3 nitrogen and oxygen atoms in total. The molecule has 3 rings (SSSR count). The number of carbonyl (C=O) groups excluding carboxylic acids is 1. The van der Waals surface area contributed by atoms with Gasteiger partial charge in [0.25, 0.3) is 5.79 Å². The van der Waals surface area contributed by atoms with Gasteiger partial charge >= 0.3 is 5.97 Å². The van der Waals surface area contributed by atoms with E-state index in [0.29, 0.717) is 5.57 Å². The highest BCUT2D eigenvalue weighted by Gasteiger charge is 2.61. The average molecular weight is 347 g/mol. The summed E-state index contributed by atoms with van der Waals surface area (Å²) in [5.74, 6) is -1.94. The zero-order chi connectivity index (χ0) is 19.1. The first-order valence-corrected chi connectivity index (χ1v) is 9.58. The Balaban J connectivity index is 2.27. The smallest absolute Gasteiger partial charge is 0.337 e. The number of esters is 1. The molecule has 0 aromatic carbocycles. The third kappa shape index (κ3) is 2.70. The summed E-state index contributed by atoms with van der Waals surface area (Å²) in [6.07, 6.45) is 6.07. The van der Waals surface area contributed by atoms with Gasteiger partial charge in [-0.15, -0.1) is 0 Å². The lowest BCUT2D eigenvalue weighted by Gasteiger charge is -2.48. The van der Waals surface area contributed by atoms with E-state index < -0.39 is 5.79 Å². The van der Waals surface area contributed by atoms with Crippen LogP contribution in [0.1, 0.15) is 81.1 Å². The van der Waals surface area contributed by atoms with E-state index in [-0.39, 0.29) is 27.6 Å². The molecule has 0 saturated heterocycles. The van der Waals surface area contributed by atoms with E-state index in [1.54, 1.807) is 0 Å². The van der Waals surface area contributed by atoms with Crippen LogP contribution in [-0.2, 0) is 9.53 Å². The molecule has 3 aliphatic rings. The summed E-state index contributed by atoms with van der Waals surface area (Å²) in [4.78, 5) is 12.9. The fraction of sp³-hybridized carbons (Fsp3) is 0.773. The van der Waals surface area contributed by atoms with Crippen molar-refractivity contribution < 1.29 is 14.6 Å². The molecule has 0 aromatic rings. The first-order valence-electron chi connectivity index (χ1n) is 9.58. The summed E-state index contributed by atoms with van der Waals surface area (Å²) in [7, 11) is 0. The molecule has 0 saturated carbocycles. The maximum absolute atomic E-state index is 12.9. The number of aliphatic hydroxyl groups is 1. The Labute approximate surface area is 152 Å². The predicted molar refractivity (Wildman–Crippen MR) is 99.7 cm³/mol. The first-order chi connectivity index (χ1) is 11.1. The number of allylic oxidation sites excluding steroid dienone is 1. The third-order valence-corrected chi connectivity index (χ3v) is 6.79. The van der Waals surface area contributed by atoms with Gasteiger partial charge in [0.2, 0.25) is 0 Å². The quantitative estimate of drug-likeness (QED) is 0.528. The molecule has 0 radical (unpaired) electrons. The summed E-state index contributed by atoms with van der Waals surface area (Å²) in [6.45, 7) is 17.1. The van der Waals surface area contributed by atoms with Gasteiger partial charge in [-0.1, -0.05) is 61.5 Å². The van der Waals surface area contributed by atoms with Gasteiger partial charge in [-0.05, 0) is 47.3 Å². The molecule has 3 heteroatoms. The standard InChI is InChI=1S/C22H34O3/c1-18(2)9-10-19(3,4)14(13-18)22(24)16-15(17(23)25-22)20(5,6)11-12-21(16,7)8/h13,24H,9-12H2,1-8H3. The summed E-state index contributed by atoms with van der Waals surface area (Å²) >= 11 is 0. The van der Waals surface area contributed by atoms with Crippen molar-refractivity contribution in [3.8, 4) is 0 Å². The molecule has 140 valence electrons. The van der Waals surface area contributed by atoms with Crippen LogP contribution in [0, 0.1) is 21.7 Å². The molecule has 1 atom stereocenters. The van der Waals surface area contributed by atoms with Crippen LogP contribution in [0.3, 0.4) is 0 Å². The Morgan fingerprint density at radius 1 is 0.840 bits per heavy atom. The van der Waals surface area contributed by atoms with Gasteiger partial charge in [-0.3, -0.25) is 0 Å². The minimum atomic E-state index is -1.60. The van der Waals surface area contributed by atoms with Gasteiger partial charge in [0.05, 0.1) is 0 Å². The van der Waals surface area contributed by atoms with E-state index in [2.05, 4.69) is 61.5 Å². The molecule has 0 aromatic heterocycles. The molecular weight excluding hydrogens is 312 g/mol. The maximum atomic E-state index is 12.9. The SMILES string of the molecule is CC1(C)C=C(C2(O)OC(=O)C3=C2C(C)(C)CCC3(C)C)C(C)(C)CC1. The van der Waals surface area contributed by atoms with Crippen molar-refractivity contribution in [1.82, 2.24) is 0 Å². The molecular formula is C22H34O3. The fourth-order valence-corrected chi connectivity index (χ4v) is 4.97. The Kier molecular flexibility index (Phi) is 3.74. The van der Waals surface area contributed by atoms with Crippen LogP contribution in [0.25, 0.3) is 0 Å². The van der Waals surface area contributed by atoms with E-state index in [0.717, 1.165) is 36.8 Å². The highest BCUT2D eigenvalue weighted by molar-refractivity contribution is 5.95.